The third kappa shape index (κ3) is 2.90. The average molecular weight is 303 g/mol. The van der Waals surface area contributed by atoms with E-state index in [1.165, 1.54) is 0 Å². The number of aromatic nitrogens is 1. The van der Waals surface area contributed by atoms with Crippen molar-refractivity contribution in [3.63, 3.8) is 0 Å². The largest absolute Gasteiger partial charge is 0.396 e. The second-order valence-corrected chi connectivity index (χ2v) is 5.76. The lowest BCUT2D eigenvalue weighted by Gasteiger charge is -2.37. The molecule has 5 heteroatoms. The standard InChI is InChI=1S/C16H19ClN4/c1-12-10-14(18)16(19-11-12)21-8-6-20(7-9-21)15-5-3-2-4-13(15)17/h2-5,10-11H,6-9,18H2,1H3. The number of aryl methyl sites for hydroxylation is 1. The molecule has 1 saturated heterocycles. The van der Waals surface area contributed by atoms with Gasteiger partial charge in [0.15, 0.2) is 5.82 Å². The van der Waals surface area contributed by atoms with Crippen LogP contribution in [-0.4, -0.2) is 31.2 Å². The molecule has 2 N–H and O–H groups in total. The van der Waals surface area contributed by atoms with Gasteiger partial charge in [-0.25, -0.2) is 4.98 Å². The summed E-state index contributed by atoms with van der Waals surface area (Å²) in [5.41, 5.74) is 9.02. The van der Waals surface area contributed by atoms with Crippen LogP contribution in [0.5, 0.6) is 0 Å². The maximum absolute atomic E-state index is 6.27. The number of pyridine rings is 1. The maximum Gasteiger partial charge on any atom is 0.151 e. The van der Waals surface area contributed by atoms with E-state index >= 15 is 0 Å². The smallest absolute Gasteiger partial charge is 0.151 e. The molecule has 0 aliphatic carbocycles. The highest BCUT2D eigenvalue weighted by Crippen LogP contribution is 2.28. The van der Waals surface area contributed by atoms with Crippen LogP contribution < -0.4 is 15.5 Å². The molecule has 3 rings (SSSR count). The van der Waals surface area contributed by atoms with E-state index < -0.39 is 0 Å². The number of nitrogen functional groups attached to an aromatic ring is 1. The molecule has 0 bridgehead atoms. The number of hydrogen-bond donors (Lipinski definition) is 1. The normalized spacial score (nSPS) is 15.3. The van der Waals surface area contributed by atoms with Gasteiger partial charge in [-0.3, -0.25) is 0 Å². The molecule has 1 aromatic carbocycles. The van der Waals surface area contributed by atoms with Crippen LogP contribution in [0.1, 0.15) is 5.56 Å². The zero-order valence-electron chi connectivity index (χ0n) is 12.1. The van der Waals surface area contributed by atoms with Gasteiger partial charge >= 0.3 is 0 Å². The summed E-state index contributed by atoms with van der Waals surface area (Å²) in [6, 6.07) is 9.95. The van der Waals surface area contributed by atoms with Gasteiger partial charge in [-0.1, -0.05) is 23.7 Å². The van der Waals surface area contributed by atoms with Crippen molar-refractivity contribution >= 4 is 28.8 Å². The van der Waals surface area contributed by atoms with Gasteiger partial charge in [0, 0.05) is 32.4 Å². The van der Waals surface area contributed by atoms with Crippen LogP contribution in [0.2, 0.25) is 5.02 Å². The van der Waals surface area contributed by atoms with E-state index in [-0.39, 0.29) is 0 Å². The fourth-order valence-electron chi connectivity index (χ4n) is 2.72. The number of para-hydroxylation sites is 1. The molecule has 110 valence electrons. The number of nitrogens with two attached hydrogens (primary N) is 1. The summed E-state index contributed by atoms with van der Waals surface area (Å²) >= 11 is 6.27. The van der Waals surface area contributed by atoms with Crippen molar-refractivity contribution in [1.29, 1.82) is 0 Å². The Morgan fingerprint density at radius 1 is 1.10 bits per heavy atom. The molecule has 0 radical (unpaired) electrons. The van der Waals surface area contributed by atoms with E-state index in [1.54, 1.807) is 0 Å². The Bertz CT molecular complexity index is 636. The van der Waals surface area contributed by atoms with Gasteiger partial charge in [0.1, 0.15) is 0 Å². The van der Waals surface area contributed by atoms with Gasteiger partial charge in [-0.05, 0) is 30.7 Å². The van der Waals surface area contributed by atoms with E-state index in [0.29, 0.717) is 0 Å². The van der Waals surface area contributed by atoms with Crippen molar-refractivity contribution < 1.29 is 0 Å². The Labute approximate surface area is 130 Å². The quantitative estimate of drug-likeness (QED) is 0.926. The van der Waals surface area contributed by atoms with E-state index in [1.807, 2.05) is 37.4 Å². The minimum Gasteiger partial charge on any atom is -0.396 e. The number of benzene rings is 1. The van der Waals surface area contributed by atoms with Crippen molar-refractivity contribution in [1.82, 2.24) is 4.98 Å². The summed E-state index contributed by atoms with van der Waals surface area (Å²) in [7, 11) is 0. The number of piperazine rings is 1. The molecule has 1 aromatic heterocycles. The van der Waals surface area contributed by atoms with Gasteiger partial charge in [-0.2, -0.15) is 0 Å². The molecule has 21 heavy (non-hydrogen) atoms. The molecule has 1 fully saturated rings. The van der Waals surface area contributed by atoms with Crippen LogP contribution in [0.25, 0.3) is 0 Å². The zero-order chi connectivity index (χ0) is 14.8. The molecule has 4 nitrogen and oxygen atoms in total. The van der Waals surface area contributed by atoms with E-state index in [9.17, 15) is 0 Å². The highest BCUT2D eigenvalue weighted by atomic mass is 35.5. The van der Waals surface area contributed by atoms with Gasteiger partial charge in [0.05, 0.1) is 16.4 Å². The van der Waals surface area contributed by atoms with Gasteiger partial charge in [-0.15, -0.1) is 0 Å². The Kier molecular flexibility index (Phi) is 3.88. The average Bonchev–Trinajstić information content (AvgIpc) is 2.48. The van der Waals surface area contributed by atoms with E-state index in [4.69, 9.17) is 17.3 Å². The van der Waals surface area contributed by atoms with Crippen LogP contribution in [0, 0.1) is 6.92 Å². The van der Waals surface area contributed by atoms with Gasteiger partial charge < -0.3 is 15.5 Å². The molecule has 2 aromatic rings. The van der Waals surface area contributed by atoms with Crippen LogP contribution in [0.3, 0.4) is 0 Å². The lowest BCUT2D eigenvalue weighted by Crippen LogP contribution is -2.47. The predicted octanol–water partition coefficient (Wildman–Crippen LogP) is 2.95. The first-order valence-electron chi connectivity index (χ1n) is 7.11. The van der Waals surface area contributed by atoms with Gasteiger partial charge in [0.2, 0.25) is 0 Å². The summed E-state index contributed by atoms with van der Waals surface area (Å²) in [6.07, 6.45) is 1.87. The van der Waals surface area contributed by atoms with E-state index in [2.05, 4.69) is 20.9 Å². The first-order valence-corrected chi connectivity index (χ1v) is 7.49. The van der Waals surface area contributed by atoms with Crippen molar-refractivity contribution in [2.24, 2.45) is 0 Å². The lowest BCUT2D eigenvalue weighted by molar-refractivity contribution is 0.648. The monoisotopic (exact) mass is 302 g/mol. The fraction of sp³-hybridized carbons (Fsp3) is 0.312. The molecular formula is C16H19ClN4. The van der Waals surface area contributed by atoms with Gasteiger partial charge in [0.25, 0.3) is 0 Å². The second kappa shape index (κ2) is 5.82. The fourth-order valence-corrected chi connectivity index (χ4v) is 2.97. The number of rotatable bonds is 2. The van der Waals surface area contributed by atoms with Crippen molar-refractivity contribution in [3.05, 3.63) is 47.1 Å². The number of hydrogen-bond acceptors (Lipinski definition) is 4. The minimum atomic E-state index is 0.751. The first kappa shape index (κ1) is 14.0. The third-order valence-electron chi connectivity index (χ3n) is 3.80. The Morgan fingerprint density at radius 3 is 2.43 bits per heavy atom. The second-order valence-electron chi connectivity index (χ2n) is 5.35. The number of nitrogens with zero attached hydrogens (tertiary/aromatic N) is 3. The molecule has 0 spiro atoms. The summed E-state index contributed by atoms with van der Waals surface area (Å²) in [4.78, 5) is 9.02. The summed E-state index contributed by atoms with van der Waals surface area (Å²) in [6.45, 7) is 5.62. The maximum atomic E-state index is 6.27. The zero-order valence-corrected chi connectivity index (χ0v) is 12.8. The predicted molar refractivity (Wildman–Crippen MR) is 89.3 cm³/mol. The molecule has 0 unspecified atom stereocenters. The van der Waals surface area contributed by atoms with Crippen LogP contribution in [0.15, 0.2) is 36.5 Å². The molecule has 0 atom stereocenters. The minimum absolute atomic E-state index is 0.751. The van der Waals surface area contributed by atoms with Crippen LogP contribution in [-0.2, 0) is 0 Å². The molecule has 1 aliphatic rings. The van der Waals surface area contributed by atoms with E-state index in [0.717, 1.165) is 54.0 Å². The molecule has 1 aliphatic heterocycles. The molecular weight excluding hydrogens is 284 g/mol. The third-order valence-corrected chi connectivity index (χ3v) is 4.12. The SMILES string of the molecule is Cc1cnc(N2CCN(c3ccccc3Cl)CC2)c(N)c1. The summed E-state index contributed by atoms with van der Waals surface area (Å²) < 4.78 is 0. The highest BCUT2D eigenvalue weighted by molar-refractivity contribution is 6.33. The van der Waals surface area contributed by atoms with Crippen LogP contribution >= 0.6 is 11.6 Å². The Balaban J connectivity index is 1.72. The first-order chi connectivity index (χ1) is 10.1. The topological polar surface area (TPSA) is 45.4 Å². The Morgan fingerprint density at radius 2 is 1.76 bits per heavy atom. The summed E-state index contributed by atoms with van der Waals surface area (Å²) in [5.74, 6) is 0.888. The molecule has 0 saturated carbocycles. The molecule has 2 heterocycles. The molecule has 0 amide bonds. The highest BCUT2D eigenvalue weighted by Gasteiger charge is 2.20. The summed E-state index contributed by atoms with van der Waals surface area (Å²) in [5, 5.41) is 0.805. The lowest BCUT2D eigenvalue weighted by atomic mass is 10.2. The number of halogens is 1. The van der Waals surface area contributed by atoms with Crippen molar-refractivity contribution in [2.75, 3.05) is 41.7 Å². The Hall–Kier alpha value is -1.94. The van der Waals surface area contributed by atoms with Crippen molar-refractivity contribution in [3.8, 4) is 0 Å². The number of anilines is 3. The van der Waals surface area contributed by atoms with Crippen LogP contribution in [0.4, 0.5) is 17.2 Å². The van der Waals surface area contributed by atoms with Crippen molar-refractivity contribution in [2.45, 2.75) is 6.92 Å².